The highest BCUT2D eigenvalue weighted by molar-refractivity contribution is 6.01. The van der Waals surface area contributed by atoms with Gasteiger partial charge in [-0.1, -0.05) is 414 Å². The van der Waals surface area contributed by atoms with Crippen molar-refractivity contribution in [2.24, 2.45) is 5.41 Å². The lowest BCUT2D eigenvalue weighted by Crippen LogP contribution is -2.46. The number of rotatable bonds is 64. The number of esters is 2. The number of phenolic OH excluding ortho intramolecular Hbond substituents is 2. The first-order valence-electron chi connectivity index (χ1n) is 41.8. The minimum atomic E-state index is -1.70. The van der Waals surface area contributed by atoms with Gasteiger partial charge in [0.15, 0.2) is 5.41 Å². The van der Waals surface area contributed by atoms with Gasteiger partial charge in [-0.15, -0.1) is 0 Å². The molecule has 0 aliphatic rings. The van der Waals surface area contributed by atoms with E-state index in [-0.39, 0.29) is 48.4 Å². The molecular formula is C89H160O6. The number of unbranched alkanes of at least 4 members (excludes halogenated alkanes) is 54. The third kappa shape index (κ3) is 40.7. The molecule has 552 valence electrons. The van der Waals surface area contributed by atoms with Crippen molar-refractivity contribution in [2.75, 3.05) is 13.2 Å². The van der Waals surface area contributed by atoms with Gasteiger partial charge in [-0.3, -0.25) is 9.59 Å². The number of benzene rings is 2. The molecular weight excluding hydrogens is 1160 g/mol. The van der Waals surface area contributed by atoms with E-state index < -0.39 is 17.4 Å². The molecule has 95 heavy (non-hydrogen) atoms. The Morgan fingerprint density at radius 1 is 0.284 bits per heavy atom. The summed E-state index contributed by atoms with van der Waals surface area (Å²) in [6.45, 7) is 25.4. The van der Waals surface area contributed by atoms with Crippen LogP contribution in [-0.4, -0.2) is 35.4 Å². The van der Waals surface area contributed by atoms with Crippen LogP contribution in [0.2, 0.25) is 0 Å². The maximum Gasteiger partial charge on any atom is 0.324 e. The van der Waals surface area contributed by atoms with Crippen molar-refractivity contribution in [3.63, 3.8) is 0 Å². The average molecular weight is 1330 g/mol. The fourth-order valence-corrected chi connectivity index (χ4v) is 14.7. The number of phenols is 2. The van der Waals surface area contributed by atoms with Crippen molar-refractivity contribution in [3.8, 4) is 11.5 Å². The van der Waals surface area contributed by atoms with Crippen LogP contribution in [0.5, 0.6) is 11.5 Å². The van der Waals surface area contributed by atoms with Crippen LogP contribution in [0.1, 0.15) is 459 Å². The fourth-order valence-electron chi connectivity index (χ4n) is 14.7. The predicted molar refractivity (Wildman–Crippen MR) is 414 cm³/mol. The quantitative estimate of drug-likeness (QED) is 0.0389. The minimum absolute atomic E-state index is 0.0735. The third-order valence-corrected chi connectivity index (χ3v) is 21.8. The van der Waals surface area contributed by atoms with Crippen LogP contribution in [0.3, 0.4) is 0 Å². The number of aromatic hydroxyl groups is 2. The smallest absolute Gasteiger partial charge is 0.324 e. The van der Waals surface area contributed by atoms with Gasteiger partial charge in [-0.2, -0.15) is 0 Å². The second-order valence-corrected chi connectivity index (χ2v) is 32.7. The van der Waals surface area contributed by atoms with E-state index in [1.807, 2.05) is 39.8 Å². The number of ether oxygens (including phenoxy) is 2. The molecule has 6 nitrogen and oxygen atoms in total. The van der Waals surface area contributed by atoms with Crippen LogP contribution in [-0.2, 0) is 42.7 Å². The first-order chi connectivity index (χ1) is 45.8. The van der Waals surface area contributed by atoms with E-state index in [0.717, 1.165) is 83.0 Å². The van der Waals surface area contributed by atoms with Crippen LogP contribution in [0.15, 0.2) is 12.1 Å². The van der Waals surface area contributed by atoms with Crippen LogP contribution in [0.4, 0.5) is 0 Å². The third-order valence-electron chi connectivity index (χ3n) is 21.8. The summed E-state index contributed by atoms with van der Waals surface area (Å²) in [6, 6.07) is 4.02. The maximum atomic E-state index is 15.3. The topological polar surface area (TPSA) is 93.1 Å². The summed E-state index contributed by atoms with van der Waals surface area (Å²) in [5.74, 6) is -0.585. The molecule has 0 aliphatic carbocycles. The second kappa shape index (κ2) is 55.7. The molecule has 6 heteroatoms. The Labute approximate surface area is 591 Å². The molecule has 0 spiro atoms. The average Bonchev–Trinajstić information content (AvgIpc) is 0.763. The zero-order valence-corrected chi connectivity index (χ0v) is 65.6. The molecule has 0 bridgehead atoms. The van der Waals surface area contributed by atoms with Crippen LogP contribution >= 0.6 is 0 Å². The van der Waals surface area contributed by atoms with E-state index in [2.05, 4.69) is 55.4 Å². The van der Waals surface area contributed by atoms with Crippen molar-refractivity contribution in [1.82, 2.24) is 0 Å². The summed E-state index contributed by atoms with van der Waals surface area (Å²) in [4.78, 5) is 30.6. The molecule has 0 atom stereocenters. The van der Waals surface area contributed by atoms with Gasteiger partial charge >= 0.3 is 11.9 Å². The molecule has 0 heterocycles. The Morgan fingerprint density at radius 2 is 0.453 bits per heavy atom. The summed E-state index contributed by atoms with van der Waals surface area (Å²) < 4.78 is 12.7. The van der Waals surface area contributed by atoms with E-state index in [9.17, 15) is 10.2 Å². The summed E-state index contributed by atoms with van der Waals surface area (Å²) in [7, 11) is 0. The molecule has 0 amide bonds. The highest BCUT2D eigenvalue weighted by Crippen LogP contribution is 2.43. The zero-order valence-electron chi connectivity index (χ0n) is 65.6. The fraction of sp³-hybridized carbons (Fsp3) is 0.843. The largest absolute Gasteiger partial charge is 0.507 e. The Kier molecular flexibility index (Phi) is 51.7. The normalized spacial score (nSPS) is 12.2. The van der Waals surface area contributed by atoms with Crippen molar-refractivity contribution in [3.05, 3.63) is 56.6 Å². The van der Waals surface area contributed by atoms with Gasteiger partial charge < -0.3 is 19.7 Å². The minimum Gasteiger partial charge on any atom is -0.507 e. The van der Waals surface area contributed by atoms with Gasteiger partial charge in [-0.05, 0) is 109 Å². The monoisotopic (exact) mass is 1330 g/mol. The van der Waals surface area contributed by atoms with Gasteiger partial charge in [-0.25, -0.2) is 0 Å². The lowest BCUT2D eigenvalue weighted by atomic mass is 9.72. The van der Waals surface area contributed by atoms with Crippen molar-refractivity contribution in [1.29, 1.82) is 0 Å². The van der Waals surface area contributed by atoms with Gasteiger partial charge in [0.25, 0.3) is 0 Å². The molecule has 0 saturated carbocycles. The standard InChI is InChI=1S/C89H160O6/c1-13-15-17-19-21-23-25-27-29-31-33-35-37-39-41-43-45-47-49-51-53-55-57-59-61-63-65-67-69-94-85(92)89(73-79-71-81(87(7,8)9)83(90)77(5)75(79)3,74-80-72-82(88(10,11)12)84(91)78(6)76(80)4)86(93)95-70-68-66-64-62-60-58-56-54-52-50-48-46-44-42-40-38-36-34-32-30-28-26-24-22-20-18-16-14-2/h71-72,90-91H,13-70,73-74H2,1-12H3. The van der Waals surface area contributed by atoms with Crippen molar-refractivity contribution < 1.29 is 29.3 Å². The molecule has 0 fully saturated rings. The van der Waals surface area contributed by atoms with Crippen molar-refractivity contribution >= 4 is 11.9 Å². The Balaban J connectivity index is 1.86. The van der Waals surface area contributed by atoms with Gasteiger partial charge in [0, 0.05) is 0 Å². The SMILES string of the molecule is CCCCCCCCCCCCCCCCCCCCCCCCCCCCCCOC(=O)C(Cc1cc(C(C)(C)C)c(O)c(C)c1C)(Cc1cc(C(C)(C)C)c(O)c(C)c1C)C(=O)OCCCCCCCCCCCCCCCCCCCCCCCCCCCCCC. The van der Waals surface area contributed by atoms with Gasteiger partial charge in [0.2, 0.25) is 0 Å². The lowest BCUT2D eigenvalue weighted by Gasteiger charge is -2.33. The zero-order chi connectivity index (χ0) is 69.7. The van der Waals surface area contributed by atoms with E-state index in [1.165, 1.54) is 321 Å². The Bertz CT molecular complexity index is 2040. The first-order valence-corrected chi connectivity index (χ1v) is 41.8. The Morgan fingerprint density at radius 3 is 0.621 bits per heavy atom. The van der Waals surface area contributed by atoms with Gasteiger partial charge in [0.05, 0.1) is 13.2 Å². The summed E-state index contributed by atoms with van der Waals surface area (Å²) in [5, 5.41) is 23.0. The second-order valence-electron chi connectivity index (χ2n) is 32.7. The van der Waals surface area contributed by atoms with E-state index >= 15 is 9.59 Å². The molecule has 0 unspecified atom stereocenters. The molecule has 0 radical (unpaired) electrons. The number of carbonyl (C=O) groups is 2. The van der Waals surface area contributed by atoms with E-state index in [0.29, 0.717) is 0 Å². The van der Waals surface area contributed by atoms with E-state index in [1.54, 1.807) is 0 Å². The maximum absolute atomic E-state index is 15.3. The molecule has 2 aromatic carbocycles. The summed E-state index contributed by atoms with van der Waals surface area (Å²) >= 11 is 0. The highest BCUT2D eigenvalue weighted by Gasteiger charge is 2.50. The molecule has 0 aromatic heterocycles. The predicted octanol–water partition coefficient (Wildman–Crippen LogP) is 28.7. The summed E-state index contributed by atoms with van der Waals surface area (Å²) in [5.41, 5.74) is 3.97. The lowest BCUT2D eigenvalue weighted by molar-refractivity contribution is -0.173. The van der Waals surface area contributed by atoms with Crippen LogP contribution < -0.4 is 0 Å². The van der Waals surface area contributed by atoms with Gasteiger partial charge in [0.1, 0.15) is 11.5 Å². The van der Waals surface area contributed by atoms with Crippen LogP contribution in [0.25, 0.3) is 0 Å². The van der Waals surface area contributed by atoms with E-state index in [4.69, 9.17) is 9.47 Å². The number of carbonyl (C=O) groups excluding carboxylic acids is 2. The number of hydrogen-bond donors (Lipinski definition) is 2. The molecule has 2 N–H and O–H groups in total. The highest BCUT2D eigenvalue weighted by atomic mass is 16.6. The molecule has 2 rings (SSSR count). The molecule has 0 aliphatic heterocycles. The van der Waals surface area contributed by atoms with Crippen molar-refractivity contribution in [2.45, 2.75) is 466 Å². The molecule has 0 saturated heterocycles. The number of hydrogen-bond acceptors (Lipinski definition) is 6. The molecule has 2 aromatic rings. The summed E-state index contributed by atoms with van der Waals surface area (Å²) in [6.07, 6.45) is 75.6. The first kappa shape index (κ1) is 88.1. The Hall–Kier alpha value is -3.02. The van der Waals surface area contributed by atoms with Crippen LogP contribution in [0, 0.1) is 33.1 Å².